The number of rotatable bonds is 5. The third-order valence-electron chi connectivity index (χ3n) is 3.47. The third-order valence-corrected chi connectivity index (χ3v) is 3.47. The maximum absolute atomic E-state index is 12.6. The average Bonchev–Trinajstić information content (AvgIpc) is 2.65. The molecule has 2 amide bonds. The van der Waals surface area contributed by atoms with E-state index in [1.165, 1.54) is 0 Å². The van der Waals surface area contributed by atoms with E-state index in [9.17, 15) is 4.79 Å². The van der Waals surface area contributed by atoms with E-state index in [0.29, 0.717) is 6.61 Å². The van der Waals surface area contributed by atoms with Crippen molar-refractivity contribution in [2.75, 3.05) is 4.90 Å². The fourth-order valence-corrected chi connectivity index (χ4v) is 2.34. The van der Waals surface area contributed by atoms with Gasteiger partial charge in [0.25, 0.3) is 0 Å². The maximum Gasteiger partial charge on any atom is 0.350 e. The van der Waals surface area contributed by atoms with Crippen molar-refractivity contribution >= 4 is 17.4 Å². The van der Waals surface area contributed by atoms with Gasteiger partial charge in [-0.3, -0.25) is 9.74 Å². The summed E-state index contributed by atoms with van der Waals surface area (Å²) in [5.41, 5.74) is 5.04. The van der Waals surface area contributed by atoms with Crippen LogP contribution in [-0.2, 0) is 11.4 Å². The Hall–Kier alpha value is -3.11. The second-order valence-corrected chi connectivity index (χ2v) is 5.19. The lowest BCUT2D eigenvalue weighted by Crippen LogP contribution is -2.36. The first-order chi connectivity index (χ1) is 11.8. The summed E-state index contributed by atoms with van der Waals surface area (Å²) in [5, 5.41) is 0. The molecule has 0 aromatic heterocycles. The summed E-state index contributed by atoms with van der Waals surface area (Å²) in [6, 6.07) is 28.3. The van der Waals surface area contributed by atoms with Crippen LogP contribution in [0.5, 0.6) is 0 Å². The predicted octanol–water partition coefficient (Wildman–Crippen LogP) is 4.67. The monoisotopic (exact) mass is 318 g/mol. The quantitative estimate of drug-likeness (QED) is 0.695. The van der Waals surface area contributed by atoms with Crippen LogP contribution in [0.15, 0.2) is 91.0 Å². The Morgan fingerprint density at radius 1 is 0.750 bits per heavy atom. The van der Waals surface area contributed by atoms with Crippen molar-refractivity contribution in [1.82, 2.24) is 5.48 Å². The van der Waals surface area contributed by atoms with E-state index in [0.717, 1.165) is 16.9 Å². The van der Waals surface area contributed by atoms with E-state index in [1.54, 1.807) is 4.90 Å². The lowest BCUT2D eigenvalue weighted by Gasteiger charge is -2.23. The standard InChI is InChI=1S/C20H18N2O2/c23-20(21-24-16-17-10-4-1-5-11-17)22(18-12-6-2-7-13-18)19-14-8-3-9-15-19/h1-15H,16H2,(H,21,23). The first-order valence-electron chi connectivity index (χ1n) is 7.70. The number of anilines is 2. The molecule has 0 atom stereocenters. The molecule has 0 unspecified atom stereocenters. The predicted molar refractivity (Wildman–Crippen MR) is 94.8 cm³/mol. The van der Waals surface area contributed by atoms with Crippen molar-refractivity contribution in [2.24, 2.45) is 0 Å². The zero-order valence-electron chi connectivity index (χ0n) is 13.1. The molecule has 0 fully saturated rings. The van der Waals surface area contributed by atoms with Gasteiger partial charge >= 0.3 is 6.03 Å². The molecule has 0 radical (unpaired) electrons. The van der Waals surface area contributed by atoms with E-state index in [2.05, 4.69) is 5.48 Å². The van der Waals surface area contributed by atoms with Gasteiger partial charge < -0.3 is 0 Å². The smallest absolute Gasteiger partial charge is 0.267 e. The van der Waals surface area contributed by atoms with Gasteiger partial charge in [-0.05, 0) is 29.8 Å². The highest BCUT2D eigenvalue weighted by molar-refractivity contribution is 5.98. The van der Waals surface area contributed by atoms with Crippen molar-refractivity contribution in [1.29, 1.82) is 0 Å². The fraction of sp³-hybridized carbons (Fsp3) is 0.0500. The largest absolute Gasteiger partial charge is 0.350 e. The van der Waals surface area contributed by atoms with Crippen LogP contribution in [0, 0.1) is 0 Å². The molecule has 0 saturated heterocycles. The summed E-state index contributed by atoms with van der Waals surface area (Å²) >= 11 is 0. The van der Waals surface area contributed by atoms with Gasteiger partial charge in [-0.2, -0.15) is 0 Å². The van der Waals surface area contributed by atoms with Gasteiger partial charge in [0, 0.05) is 0 Å². The molecule has 3 aromatic rings. The lowest BCUT2D eigenvalue weighted by molar-refractivity contribution is 0.0521. The van der Waals surface area contributed by atoms with Gasteiger partial charge in [-0.15, -0.1) is 0 Å². The normalized spacial score (nSPS) is 10.2. The second-order valence-electron chi connectivity index (χ2n) is 5.19. The third kappa shape index (κ3) is 4.00. The Bertz CT molecular complexity index is 722. The maximum atomic E-state index is 12.6. The number of carbonyl (C=O) groups is 1. The van der Waals surface area contributed by atoms with Gasteiger partial charge in [0.15, 0.2) is 0 Å². The topological polar surface area (TPSA) is 41.6 Å². The van der Waals surface area contributed by atoms with E-state index in [1.807, 2.05) is 91.0 Å². The Kier molecular flexibility index (Phi) is 5.22. The number of hydroxylamine groups is 1. The van der Waals surface area contributed by atoms with Crippen molar-refractivity contribution in [3.8, 4) is 0 Å². The second kappa shape index (κ2) is 7.94. The number of carbonyl (C=O) groups excluding carboxylic acids is 1. The zero-order valence-corrected chi connectivity index (χ0v) is 13.1. The number of benzene rings is 3. The molecular weight excluding hydrogens is 300 g/mol. The molecule has 1 N–H and O–H groups in total. The van der Waals surface area contributed by atoms with Crippen molar-refractivity contribution in [3.05, 3.63) is 96.6 Å². The van der Waals surface area contributed by atoms with Gasteiger partial charge in [0.2, 0.25) is 0 Å². The zero-order chi connectivity index (χ0) is 16.6. The SMILES string of the molecule is O=C(NOCc1ccccc1)N(c1ccccc1)c1ccccc1. The van der Waals surface area contributed by atoms with Crippen LogP contribution >= 0.6 is 0 Å². The highest BCUT2D eigenvalue weighted by Crippen LogP contribution is 2.24. The van der Waals surface area contributed by atoms with Gasteiger partial charge in [0.1, 0.15) is 0 Å². The lowest BCUT2D eigenvalue weighted by atomic mass is 10.2. The highest BCUT2D eigenvalue weighted by Gasteiger charge is 2.17. The van der Waals surface area contributed by atoms with Crippen LogP contribution in [0.25, 0.3) is 0 Å². The van der Waals surface area contributed by atoms with Crippen LogP contribution in [0.3, 0.4) is 0 Å². The average molecular weight is 318 g/mol. The summed E-state index contributed by atoms with van der Waals surface area (Å²) < 4.78 is 0. The Morgan fingerprint density at radius 3 is 1.71 bits per heavy atom. The number of amides is 2. The van der Waals surface area contributed by atoms with Gasteiger partial charge in [-0.1, -0.05) is 66.7 Å². The molecule has 0 aliphatic rings. The molecule has 0 heterocycles. The molecule has 0 bridgehead atoms. The van der Waals surface area contributed by atoms with Crippen molar-refractivity contribution < 1.29 is 9.63 Å². The summed E-state index contributed by atoms with van der Waals surface area (Å²) in [7, 11) is 0. The molecule has 0 aliphatic carbocycles. The first kappa shape index (κ1) is 15.8. The minimum absolute atomic E-state index is 0.310. The van der Waals surface area contributed by atoms with Crippen LogP contribution < -0.4 is 10.4 Å². The van der Waals surface area contributed by atoms with E-state index < -0.39 is 0 Å². The summed E-state index contributed by atoms with van der Waals surface area (Å²) in [5.74, 6) is 0. The molecule has 24 heavy (non-hydrogen) atoms. The minimum Gasteiger partial charge on any atom is -0.267 e. The molecule has 4 nitrogen and oxygen atoms in total. The Balaban J connectivity index is 1.72. The van der Waals surface area contributed by atoms with Crippen molar-refractivity contribution in [3.63, 3.8) is 0 Å². The summed E-state index contributed by atoms with van der Waals surface area (Å²) in [6.45, 7) is 0.310. The molecule has 0 aliphatic heterocycles. The number of para-hydroxylation sites is 2. The number of urea groups is 1. The fourth-order valence-electron chi connectivity index (χ4n) is 2.34. The molecular formula is C20H18N2O2. The van der Waals surface area contributed by atoms with E-state index in [-0.39, 0.29) is 6.03 Å². The minimum atomic E-state index is -0.344. The van der Waals surface area contributed by atoms with Gasteiger partial charge in [0.05, 0.1) is 18.0 Å². The molecule has 3 aromatic carbocycles. The van der Waals surface area contributed by atoms with Crippen molar-refractivity contribution in [2.45, 2.75) is 6.61 Å². The molecule has 0 spiro atoms. The molecule has 0 saturated carbocycles. The first-order valence-corrected chi connectivity index (χ1v) is 7.70. The van der Waals surface area contributed by atoms with Crippen LogP contribution in [0.2, 0.25) is 0 Å². The molecule has 120 valence electrons. The van der Waals surface area contributed by atoms with E-state index in [4.69, 9.17) is 4.84 Å². The number of nitrogens with zero attached hydrogens (tertiary/aromatic N) is 1. The van der Waals surface area contributed by atoms with Crippen LogP contribution in [0.4, 0.5) is 16.2 Å². The summed E-state index contributed by atoms with van der Waals surface area (Å²) in [4.78, 5) is 19.6. The highest BCUT2D eigenvalue weighted by atomic mass is 16.7. The number of hydrogen-bond donors (Lipinski definition) is 1. The summed E-state index contributed by atoms with van der Waals surface area (Å²) in [6.07, 6.45) is 0. The molecule has 3 rings (SSSR count). The molecule has 4 heteroatoms. The Labute approximate surface area is 141 Å². The number of hydrogen-bond acceptors (Lipinski definition) is 2. The van der Waals surface area contributed by atoms with Crippen LogP contribution in [0.1, 0.15) is 5.56 Å². The Morgan fingerprint density at radius 2 is 1.21 bits per heavy atom. The number of nitrogens with one attached hydrogen (secondary N) is 1. The van der Waals surface area contributed by atoms with Crippen LogP contribution in [-0.4, -0.2) is 6.03 Å². The van der Waals surface area contributed by atoms with E-state index >= 15 is 0 Å². The van der Waals surface area contributed by atoms with Gasteiger partial charge in [-0.25, -0.2) is 10.3 Å².